The molecule has 16 heavy (non-hydrogen) atoms. The van der Waals surface area contributed by atoms with E-state index in [4.69, 9.17) is 4.52 Å². The van der Waals surface area contributed by atoms with Crippen molar-refractivity contribution in [2.24, 2.45) is 0 Å². The highest BCUT2D eigenvalue weighted by Gasteiger charge is 2.38. The number of imidazole rings is 1. The Kier molecular flexibility index (Phi) is 2.01. The molecule has 1 saturated heterocycles. The first kappa shape index (κ1) is 9.49. The molecule has 7 heteroatoms. The molecule has 1 aliphatic rings. The van der Waals surface area contributed by atoms with Gasteiger partial charge < -0.3 is 19.9 Å². The van der Waals surface area contributed by atoms with Gasteiger partial charge in [0.05, 0.1) is 0 Å². The van der Waals surface area contributed by atoms with Crippen molar-refractivity contribution >= 4 is 0 Å². The first-order valence-electron chi connectivity index (χ1n) is 5.05. The minimum Gasteiger partial charge on any atom is -0.379 e. The van der Waals surface area contributed by atoms with Gasteiger partial charge >= 0.3 is 0 Å². The van der Waals surface area contributed by atoms with Gasteiger partial charge in [0, 0.05) is 18.9 Å². The van der Waals surface area contributed by atoms with Gasteiger partial charge in [-0.05, 0) is 13.0 Å². The van der Waals surface area contributed by atoms with E-state index in [1.54, 1.807) is 12.4 Å². The summed E-state index contributed by atoms with van der Waals surface area (Å²) in [5.41, 5.74) is -1.04. The molecule has 2 aromatic heterocycles. The quantitative estimate of drug-likeness (QED) is 0.640. The van der Waals surface area contributed by atoms with E-state index in [1.165, 1.54) is 0 Å². The van der Waals surface area contributed by atoms with Crippen LogP contribution < -0.4 is 5.32 Å². The molecule has 0 saturated carbocycles. The van der Waals surface area contributed by atoms with Crippen LogP contribution in [0.5, 0.6) is 0 Å². The van der Waals surface area contributed by atoms with Gasteiger partial charge in [-0.3, -0.25) is 0 Å². The minimum atomic E-state index is -1.04. The Morgan fingerprint density at radius 2 is 2.44 bits per heavy atom. The van der Waals surface area contributed by atoms with Gasteiger partial charge in [0.1, 0.15) is 0 Å². The maximum atomic E-state index is 10.2. The first-order valence-corrected chi connectivity index (χ1v) is 5.05. The monoisotopic (exact) mass is 221 g/mol. The van der Waals surface area contributed by atoms with E-state index in [9.17, 15) is 5.11 Å². The van der Waals surface area contributed by atoms with Gasteiger partial charge in [-0.2, -0.15) is 4.98 Å². The summed E-state index contributed by atoms with van der Waals surface area (Å²) in [5, 5.41) is 17.0. The number of aliphatic hydroxyl groups is 1. The topological polar surface area (TPSA) is 99.9 Å². The van der Waals surface area contributed by atoms with E-state index < -0.39 is 5.60 Å². The van der Waals surface area contributed by atoms with Crippen molar-refractivity contribution in [2.75, 3.05) is 13.1 Å². The Labute approximate surface area is 90.9 Å². The Morgan fingerprint density at radius 3 is 3.12 bits per heavy atom. The molecule has 0 bridgehead atoms. The Hall–Kier alpha value is -1.73. The molecule has 7 nitrogen and oxygen atoms in total. The largest absolute Gasteiger partial charge is 0.379 e. The summed E-state index contributed by atoms with van der Waals surface area (Å²) in [7, 11) is 0. The van der Waals surface area contributed by atoms with Crippen molar-refractivity contribution < 1.29 is 9.63 Å². The molecular formula is C9H11N5O2. The van der Waals surface area contributed by atoms with Crippen LogP contribution in [0.3, 0.4) is 0 Å². The summed E-state index contributed by atoms with van der Waals surface area (Å²) < 4.78 is 5.06. The summed E-state index contributed by atoms with van der Waals surface area (Å²) >= 11 is 0. The second kappa shape index (κ2) is 3.39. The zero-order valence-corrected chi connectivity index (χ0v) is 8.47. The highest BCUT2D eigenvalue weighted by Crippen LogP contribution is 2.27. The predicted octanol–water partition coefficient (Wildman–Crippen LogP) is -0.359. The highest BCUT2D eigenvalue weighted by molar-refractivity contribution is 5.41. The second-order valence-electron chi connectivity index (χ2n) is 3.82. The molecule has 1 unspecified atom stereocenters. The van der Waals surface area contributed by atoms with Crippen molar-refractivity contribution in [3.05, 3.63) is 18.3 Å². The lowest BCUT2D eigenvalue weighted by molar-refractivity contribution is 0.0243. The smallest absolute Gasteiger partial charge is 0.260 e. The zero-order valence-electron chi connectivity index (χ0n) is 8.47. The van der Waals surface area contributed by atoms with Gasteiger partial charge in [0.25, 0.3) is 5.89 Å². The number of nitrogens with zero attached hydrogens (tertiary/aromatic N) is 3. The molecule has 0 aromatic carbocycles. The molecule has 1 atom stereocenters. The first-order chi connectivity index (χ1) is 7.78. The van der Waals surface area contributed by atoms with E-state index in [2.05, 4.69) is 25.4 Å². The molecule has 0 spiro atoms. The van der Waals surface area contributed by atoms with Crippen molar-refractivity contribution in [3.8, 4) is 11.6 Å². The number of aromatic amines is 1. The molecule has 84 valence electrons. The van der Waals surface area contributed by atoms with Gasteiger partial charge in [0.15, 0.2) is 11.4 Å². The molecular weight excluding hydrogens is 210 g/mol. The van der Waals surface area contributed by atoms with Crippen molar-refractivity contribution in [2.45, 2.75) is 12.0 Å². The lowest BCUT2D eigenvalue weighted by Crippen LogP contribution is -2.28. The third kappa shape index (κ3) is 1.41. The normalized spacial score (nSPS) is 25.1. The van der Waals surface area contributed by atoms with Crippen LogP contribution in [0.25, 0.3) is 11.6 Å². The molecule has 1 aliphatic heterocycles. The Bertz CT molecular complexity index is 472. The number of H-pyrrole nitrogens is 1. The summed E-state index contributed by atoms with van der Waals surface area (Å²) in [6, 6.07) is 0. The second-order valence-corrected chi connectivity index (χ2v) is 3.82. The highest BCUT2D eigenvalue weighted by atomic mass is 16.5. The third-order valence-corrected chi connectivity index (χ3v) is 2.67. The summed E-state index contributed by atoms with van der Waals surface area (Å²) in [5.74, 6) is 1.13. The number of aromatic nitrogens is 4. The molecule has 0 aliphatic carbocycles. The van der Waals surface area contributed by atoms with Crippen molar-refractivity contribution in [3.63, 3.8) is 0 Å². The lowest BCUT2D eigenvalue weighted by Gasteiger charge is -2.14. The van der Waals surface area contributed by atoms with Crippen LogP contribution in [0.4, 0.5) is 0 Å². The summed E-state index contributed by atoms with van der Waals surface area (Å²) in [6.45, 7) is 1.18. The van der Waals surface area contributed by atoms with Gasteiger partial charge in [-0.1, -0.05) is 5.16 Å². The van der Waals surface area contributed by atoms with Crippen LogP contribution in [0.1, 0.15) is 12.3 Å². The SMILES string of the molecule is OC1(c2nc(-c3ncc[nH]3)no2)CCNC1. The van der Waals surface area contributed by atoms with Crippen LogP contribution in [0.2, 0.25) is 0 Å². The fourth-order valence-electron chi connectivity index (χ4n) is 1.76. The van der Waals surface area contributed by atoms with Gasteiger partial charge in [-0.25, -0.2) is 4.98 Å². The summed E-state index contributed by atoms with van der Waals surface area (Å²) in [6.07, 6.45) is 3.86. The number of nitrogens with one attached hydrogen (secondary N) is 2. The Balaban J connectivity index is 1.93. The maximum Gasteiger partial charge on any atom is 0.260 e. The number of β-amino-alcohol motifs (C(OH)–C–C–N with tert-alkyl or cyclic N) is 1. The van der Waals surface area contributed by atoms with Crippen LogP contribution in [-0.4, -0.2) is 38.3 Å². The van der Waals surface area contributed by atoms with E-state index >= 15 is 0 Å². The standard InChI is InChI=1S/C9H11N5O2/c15-9(1-2-10-5-9)8-13-7(14-16-8)6-11-3-4-12-6/h3-4,10,15H,1-2,5H2,(H,11,12). The number of rotatable bonds is 2. The van der Waals surface area contributed by atoms with E-state index in [-0.39, 0.29) is 5.89 Å². The molecule has 1 fully saturated rings. The van der Waals surface area contributed by atoms with E-state index in [0.717, 1.165) is 6.54 Å². The fourth-order valence-corrected chi connectivity index (χ4v) is 1.76. The lowest BCUT2D eigenvalue weighted by atomic mass is 10.0. The van der Waals surface area contributed by atoms with Crippen LogP contribution in [0.15, 0.2) is 16.9 Å². The molecule has 3 rings (SSSR count). The molecule has 0 radical (unpaired) electrons. The van der Waals surface area contributed by atoms with Crippen LogP contribution >= 0.6 is 0 Å². The molecule has 3 N–H and O–H groups in total. The van der Waals surface area contributed by atoms with Crippen LogP contribution in [-0.2, 0) is 5.60 Å². The van der Waals surface area contributed by atoms with E-state index in [1.807, 2.05) is 0 Å². The Morgan fingerprint density at radius 1 is 1.50 bits per heavy atom. The predicted molar refractivity (Wildman–Crippen MR) is 53.3 cm³/mol. The molecule has 2 aromatic rings. The van der Waals surface area contributed by atoms with Crippen molar-refractivity contribution in [1.29, 1.82) is 0 Å². The molecule has 3 heterocycles. The summed E-state index contributed by atoms with van der Waals surface area (Å²) in [4.78, 5) is 11.0. The van der Waals surface area contributed by atoms with E-state index in [0.29, 0.717) is 24.6 Å². The maximum absolute atomic E-state index is 10.2. The van der Waals surface area contributed by atoms with Crippen LogP contribution in [0, 0.1) is 0 Å². The molecule has 0 amide bonds. The zero-order chi connectivity index (χ0) is 11.0. The average Bonchev–Trinajstić information content (AvgIpc) is 2.98. The average molecular weight is 221 g/mol. The number of hydrogen-bond acceptors (Lipinski definition) is 6. The number of hydrogen-bond donors (Lipinski definition) is 3. The minimum absolute atomic E-state index is 0.240. The third-order valence-electron chi connectivity index (χ3n) is 2.67. The van der Waals surface area contributed by atoms with Gasteiger partial charge in [0.2, 0.25) is 5.82 Å². The van der Waals surface area contributed by atoms with Gasteiger partial charge in [-0.15, -0.1) is 0 Å². The fraction of sp³-hybridized carbons (Fsp3) is 0.444. The van der Waals surface area contributed by atoms with Crippen molar-refractivity contribution in [1.82, 2.24) is 25.4 Å².